The number of nitrogens with one attached hydrogen (secondary N) is 2. The van der Waals surface area contributed by atoms with Gasteiger partial charge in [0.2, 0.25) is 5.91 Å². The first-order chi connectivity index (χ1) is 10.8. The number of methoxy groups -OCH3 is 1. The summed E-state index contributed by atoms with van der Waals surface area (Å²) < 4.78 is 11.2. The Morgan fingerprint density at radius 3 is 2.50 bits per heavy atom. The molecule has 5 nitrogen and oxygen atoms in total. The molecule has 2 rings (SSSR count). The van der Waals surface area contributed by atoms with E-state index in [-0.39, 0.29) is 11.3 Å². The molecule has 1 saturated carbocycles. The maximum absolute atomic E-state index is 12.5. The zero-order valence-corrected chi connectivity index (χ0v) is 14.0. The fourth-order valence-corrected chi connectivity index (χ4v) is 3.60. The van der Waals surface area contributed by atoms with Gasteiger partial charge >= 0.3 is 0 Å². The number of rotatable bonds is 7. The van der Waals surface area contributed by atoms with Crippen molar-refractivity contribution in [3.8, 4) is 0 Å². The number of ether oxygens (including phenoxy) is 2. The van der Waals surface area contributed by atoms with Crippen molar-refractivity contribution in [2.75, 3.05) is 40.0 Å². The minimum Gasteiger partial charge on any atom is -0.384 e. The van der Waals surface area contributed by atoms with E-state index < -0.39 is 0 Å². The van der Waals surface area contributed by atoms with E-state index in [0.29, 0.717) is 25.9 Å². The largest absolute Gasteiger partial charge is 0.384 e. The van der Waals surface area contributed by atoms with Crippen LogP contribution in [-0.2, 0) is 14.3 Å². The molecule has 0 aromatic heterocycles. The van der Waals surface area contributed by atoms with E-state index in [4.69, 9.17) is 9.47 Å². The van der Waals surface area contributed by atoms with E-state index >= 15 is 0 Å². The molecule has 1 amide bonds. The third-order valence-electron chi connectivity index (χ3n) is 5.01. The summed E-state index contributed by atoms with van der Waals surface area (Å²) in [7, 11) is 1.67. The lowest BCUT2D eigenvalue weighted by Gasteiger charge is -2.35. The minimum absolute atomic E-state index is 0.125. The van der Waals surface area contributed by atoms with Crippen molar-refractivity contribution >= 4 is 5.91 Å². The van der Waals surface area contributed by atoms with Gasteiger partial charge in [0.1, 0.15) is 0 Å². The van der Waals surface area contributed by atoms with E-state index in [9.17, 15) is 4.79 Å². The molecule has 1 saturated heterocycles. The third kappa shape index (κ3) is 5.21. The molecule has 2 aliphatic rings. The number of amides is 1. The van der Waals surface area contributed by atoms with Gasteiger partial charge in [0.05, 0.1) is 24.7 Å². The Balaban J connectivity index is 1.69. The van der Waals surface area contributed by atoms with Crippen LogP contribution in [0.1, 0.15) is 51.4 Å². The highest BCUT2D eigenvalue weighted by atomic mass is 16.5. The standard InChI is InChI=1S/C17H32N2O3/c1-21-14-17(8-10-18-11-9-17)16(20)19-12-13-22-15-6-4-2-3-5-7-15/h15,18H,2-14H2,1H3,(H,19,20). The molecule has 0 spiro atoms. The first-order valence-electron chi connectivity index (χ1n) is 8.86. The molecule has 2 fully saturated rings. The Bertz CT molecular complexity index is 316. The summed E-state index contributed by atoms with van der Waals surface area (Å²) in [6.07, 6.45) is 9.66. The molecular formula is C17H32N2O3. The molecule has 0 bridgehead atoms. The first kappa shape index (κ1) is 17.7. The topological polar surface area (TPSA) is 59.6 Å². The van der Waals surface area contributed by atoms with Crippen LogP contribution in [-0.4, -0.2) is 52.0 Å². The smallest absolute Gasteiger partial charge is 0.228 e. The van der Waals surface area contributed by atoms with Gasteiger partial charge < -0.3 is 20.1 Å². The van der Waals surface area contributed by atoms with Crippen LogP contribution < -0.4 is 10.6 Å². The van der Waals surface area contributed by atoms with E-state index in [1.54, 1.807) is 7.11 Å². The molecule has 1 aliphatic heterocycles. The monoisotopic (exact) mass is 312 g/mol. The molecular weight excluding hydrogens is 280 g/mol. The molecule has 0 unspecified atom stereocenters. The zero-order chi connectivity index (χ0) is 15.7. The van der Waals surface area contributed by atoms with Gasteiger partial charge in [-0.25, -0.2) is 0 Å². The molecule has 0 radical (unpaired) electrons. The Hall–Kier alpha value is -0.650. The van der Waals surface area contributed by atoms with Crippen LogP contribution in [0.15, 0.2) is 0 Å². The van der Waals surface area contributed by atoms with Gasteiger partial charge in [-0.15, -0.1) is 0 Å². The first-order valence-corrected chi connectivity index (χ1v) is 8.86. The summed E-state index contributed by atoms with van der Waals surface area (Å²) in [5.41, 5.74) is -0.359. The van der Waals surface area contributed by atoms with Crippen molar-refractivity contribution in [3.05, 3.63) is 0 Å². The average Bonchev–Trinajstić information content (AvgIpc) is 2.81. The summed E-state index contributed by atoms with van der Waals surface area (Å²) in [5, 5.41) is 6.37. The Kier molecular flexibility index (Phi) is 7.63. The van der Waals surface area contributed by atoms with Gasteiger partial charge in [-0.2, -0.15) is 0 Å². The maximum atomic E-state index is 12.5. The number of carbonyl (C=O) groups is 1. The predicted molar refractivity (Wildman–Crippen MR) is 86.9 cm³/mol. The molecule has 22 heavy (non-hydrogen) atoms. The molecule has 0 atom stereocenters. The fraction of sp³-hybridized carbons (Fsp3) is 0.941. The lowest BCUT2D eigenvalue weighted by atomic mass is 9.78. The van der Waals surface area contributed by atoms with Crippen molar-refractivity contribution in [2.24, 2.45) is 5.41 Å². The summed E-state index contributed by atoms with van der Waals surface area (Å²) in [4.78, 5) is 12.5. The van der Waals surface area contributed by atoms with Crippen molar-refractivity contribution in [1.29, 1.82) is 0 Å². The lowest BCUT2D eigenvalue weighted by molar-refractivity contribution is -0.136. The molecule has 0 aromatic carbocycles. The Labute approximate surface area is 134 Å². The number of hydrogen-bond donors (Lipinski definition) is 2. The number of piperidine rings is 1. The predicted octanol–water partition coefficient (Wildman–Crippen LogP) is 1.86. The van der Waals surface area contributed by atoms with E-state index in [2.05, 4.69) is 10.6 Å². The number of hydrogen-bond acceptors (Lipinski definition) is 4. The summed E-state index contributed by atoms with van der Waals surface area (Å²) >= 11 is 0. The van der Waals surface area contributed by atoms with E-state index in [1.807, 2.05) is 0 Å². The van der Waals surface area contributed by atoms with Gasteiger partial charge in [0, 0.05) is 13.7 Å². The highest BCUT2D eigenvalue weighted by molar-refractivity contribution is 5.83. The van der Waals surface area contributed by atoms with Gasteiger partial charge in [-0.05, 0) is 38.8 Å². The SMILES string of the molecule is COCC1(C(=O)NCCOC2CCCCCC2)CCNCC1. The van der Waals surface area contributed by atoms with Crippen molar-refractivity contribution in [1.82, 2.24) is 10.6 Å². The Morgan fingerprint density at radius 1 is 1.18 bits per heavy atom. The van der Waals surface area contributed by atoms with Crippen molar-refractivity contribution in [2.45, 2.75) is 57.5 Å². The van der Waals surface area contributed by atoms with E-state index in [0.717, 1.165) is 25.9 Å². The fourth-order valence-electron chi connectivity index (χ4n) is 3.60. The van der Waals surface area contributed by atoms with Crippen LogP contribution in [0.5, 0.6) is 0 Å². The second kappa shape index (κ2) is 9.48. The molecule has 1 aliphatic carbocycles. The van der Waals surface area contributed by atoms with Gasteiger partial charge in [-0.1, -0.05) is 25.7 Å². The summed E-state index contributed by atoms with van der Waals surface area (Å²) in [5.74, 6) is 0.125. The number of carbonyl (C=O) groups excluding carboxylic acids is 1. The van der Waals surface area contributed by atoms with Crippen LogP contribution in [0.2, 0.25) is 0 Å². The second-order valence-electron chi connectivity index (χ2n) is 6.70. The van der Waals surface area contributed by atoms with Gasteiger partial charge in [-0.3, -0.25) is 4.79 Å². The lowest BCUT2D eigenvalue weighted by Crippen LogP contribution is -2.50. The van der Waals surface area contributed by atoms with Gasteiger partial charge in [0.15, 0.2) is 0 Å². The van der Waals surface area contributed by atoms with E-state index in [1.165, 1.54) is 38.5 Å². The van der Waals surface area contributed by atoms with Crippen molar-refractivity contribution < 1.29 is 14.3 Å². The highest BCUT2D eigenvalue weighted by Gasteiger charge is 2.39. The summed E-state index contributed by atoms with van der Waals surface area (Å²) in [6, 6.07) is 0. The molecule has 2 N–H and O–H groups in total. The molecule has 5 heteroatoms. The van der Waals surface area contributed by atoms with Gasteiger partial charge in [0.25, 0.3) is 0 Å². The molecule has 0 aromatic rings. The van der Waals surface area contributed by atoms with Crippen LogP contribution in [0.25, 0.3) is 0 Å². The minimum atomic E-state index is -0.359. The normalized spacial score (nSPS) is 23.0. The summed E-state index contributed by atoms with van der Waals surface area (Å²) in [6.45, 7) is 3.50. The Morgan fingerprint density at radius 2 is 1.86 bits per heavy atom. The molecule has 1 heterocycles. The second-order valence-corrected chi connectivity index (χ2v) is 6.70. The van der Waals surface area contributed by atoms with Crippen molar-refractivity contribution in [3.63, 3.8) is 0 Å². The third-order valence-corrected chi connectivity index (χ3v) is 5.01. The highest BCUT2D eigenvalue weighted by Crippen LogP contribution is 2.29. The quantitative estimate of drug-likeness (QED) is 0.556. The average molecular weight is 312 g/mol. The molecule has 128 valence electrons. The maximum Gasteiger partial charge on any atom is 0.228 e. The zero-order valence-electron chi connectivity index (χ0n) is 14.0. The van der Waals surface area contributed by atoms with Crippen LogP contribution in [0, 0.1) is 5.41 Å². The van der Waals surface area contributed by atoms with Crippen LogP contribution in [0.3, 0.4) is 0 Å². The van der Waals surface area contributed by atoms with Crippen LogP contribution >= 0.6 is 0 Å². The van der Waals surface area contributed by atoms with Crippen LogP contribution in [0.4, 0.5) is 0 Å².